The van der Waals surface area contributed by atoms with Crippen LogP contribution in [0.25, 0.3) is 10.6 Å². The number of primary sulfonamides is 1. The Hall–Kier alpha value is -3.27. The van der Waals surface area contributed by atoms with Gasteiger partial charge in [-0.2, -0.15) is 5.10 Å². The molecule has 0 radical (unpaired) electrons. The molecule has 0 fully saturated rings. The van der Waals surface area contributed by atoms with Crippen molar-refractivity contribution in [3.05, 3.63) is 89.4 Å². The van der Waals surface area contributed by atoms with E-state index in [1.165, 1.54) is 35.6 Å². The number of nitrogens with two attached hydrogens (primary N) is 1. The van der Waals surface area contributed by atoms with E-state index in [9.17, 15) is 13.2 Å². The summed E-state index contributed by atoms with van der Waals surface area (Å²) in [6.45, 7) is 0.537. The van der Waals surface area contributed by atoms with Crippen molar-refractivity contribution in [3.8, 4) is 10.6 Å². The van der Waals surface area contributed by atoms with Gasteiger partial charge >= 0.3 is 0 Å². The smallest absolute Gasteiger partial charge is 0.259 e. The second-order valence-corrected chi connectivity index (χ2v) is 9.08. The van der Waals surface area contributed by atoms with Crippen molar-refractivity contribution >= 4 is 33.0 Å². The van der Waals surface area contributed by atoms with Crippen LogP contribution in [0, 0.1) is 0 Å². The molecule has 0 saturated carbocycles. The molecular weight excluding hydrogens is 420 g/mol. The van der Waals surface area contributed by atoms with Crippen LogP contribution in [0.4, 0.5) is 5.69 Å². The molecule has 2 aromatic heterocycles. The van der Waals surface area contributed by atoms with E-state index in [1.807, 2.05) is 47.8 Å². The Kier molecular flexibility index (Phi) is 5.49. The summed E-state index contributed by atoms with van der Waals surface area (Å²) in [5.41, 5.74) is 2.56. The van der Waals surface area contributed by atoms with Gasteiger partial charge in [0, 0.05) is 11.9 Å². The molecule has 4 rings (SSSR count). The number of aromatic nitrogens is 2. The Labute approximate surface area is 177 Å². The SMILES string of the molecule is NS(=O)(=O)c1ccc(NC(=O)c2cn(Cc3ccccc3)nc2-c2cccs2)cc1. The average Bonchev–Trinajstić information content (AvgIpc) is 3.38. The van der Waals surface area contributed by atoms with Crippen molar-refractivity contribution in [1.82, 2.24) is 9.78 Å². The summed E-state index contributed by atoms with van der Waals surface area (Å²) in [5, 5.41) is 14.5. The zero-order valence-electron chi connectivity index (χ0n) is 15.7. The van der Waals surface area contributed by atoms with Gasteiger partial charge in [-0.1, -0.05) is 36.4 Å². The minimum absolute atomic E-state index is 0.0181. The third-order valence-corrected chi connectivity index (χ3v) is 6.19. The van der Waals surface area contributed by atoms with Crippen molar-refractivity contribution in [2.75, 3.05) is 5.32 Å². The number of hydrogen-bond donors (Lipinski definition) is 2. The van der Waals surface area contributed by atoms with Crippen LogP contribution in [0.5, 0.6) is 0 Å². The minimum Gasteiger partial charge on any atom is -0.322 e. The number of thiophene rings is 1. The zero-order valence-corrected chi connectivity index (χ0v) is 17.4. The predicted octanol–water partition coefficient (Wildman–Crippen LogP) is 3.56. The molecule has 2 heterocycles. The molecule has 0 saturated heterocycles. The average molecular weight is 439 g/mol. The van der Waals surface area contributed by atoms with Gasteiger partial charge in [0.15, 0.2) is 0 Å². The van der Waals surface area contributed by atoms with E-state index in [-0.39, 0.29) is 10.8 Å². The van der Waals surface area contributed by atoms with Gasteiger partial charge in [-0.3, -0.25) is 9.48 Å². The zero-order chi connectivity index (χ0) is 21.1. The van der Waals surface area contributed by atoms with E-state index in [0.29, 0.717) is 23.5 Å². The summed E-state index contributed by atoms with van der Waals surface area (Å²) >= 11 is 1.50. The van der Waals surface area contributed by atoms with E-state index >= 15 is 0 Å². The molecular formula is C21H18N4O3S2. The molecule has 9 heteroatoms. The summed E-state index contributed by atoms with van der Waals surface area (Å²) in [7, 11) is -3.79. The van der Waals surface area contributed by atoms with Crippen molar-refractivity contribution in [1.29, 1.82) is 0 Å². The topological polar surface area (TPSA) is 107 Å². The standard InChI is InChI=1S/C21H18N4O3S2/c22-30(27,28)17-10-8-16(9-11-17)23-21(26)18-14-25(13-15-5-2-1-3-6-15)24-20(18)19-7-4-12-29-19/h1-12,14H,13H2,(H,23,26)(H2,22,27,28). The Morgan fingerprint density at radius 3 is 2.40 bits per heavy atom. The number of benzene rings is 2. The van der Waals surface area contributed by atoms with Crippen molar-refractivity contribution in [2.45, 2.75) is 11.4 Å². The molecule has 152 valence electrons. The Balaban J connectivity index is 1.62. The number of anilines is 1. The number of rotatable bonds is 6. The van der Waals surface area contributed by atoms with Crippen LogP contribution in [0.1, 0.15) is 15.9 Å². The fourth-order valence-corrected chi connectivity index (χ4v) is 4.20. The van der Waals surface area contributed by atoms with Crippen molar-refractivity contribution in [2.24, 2.45) is 5.14 Å². The van der Waals surface area contributed by atoms with Gasteiger partial charge in [-0.25, -0.2) is 13.6 Å². The van der Waals surface area contributed by atoms with Crippen LogP contribution in [-0.4, -0.2) is 24.1 Å². The maximum Gasteiger partial charge on any atom is 0.259 e. The lowest BCUT2D eigenvalue weighted by molar-refractivity contribution is 0.102. The molecule has 0 aliphatic heterocycles. The number of carbonyl (C=O) groups excluding carboxylic acids is 1. The number of amides is 1. The summed E-state index contributed by atoms with van der Waals surface area (Å²) in [4.78, 5) is 13.8. The number of carbonyl (C=O) groups is 1. The molecule has 4 aromatic rings. The second kappa shape index (κ2) is 8.23. The molecule has 30 heavy (non-hydrogen) atoms. The molecule has 0 atom stereocenters. The van der Waals surface area contributed by atoms with Crippen molar-refractivity contribution in [3.63, 3.8) is 0 Å². The Bertz CT molecular complexity index is 1260. The van der Waals surface area contributed by atoms with E-state index in [1.54, 1.807) is 10.9 Å². The van der Waals surface area contributed by atoms with Crippen LogP contribution in [0.2, 0.25) is 0 Å². The molecule has 1 amide bonds. The largest absolute Gasteiger partial charge is 0.322 e. The van der Waals surface area contributed by atoms with Crippen LogP contribution in [0.15, 0.2) is 83.2 Å². The second-order valence-electron chi connectivity index (χ2n) is 6.58. The lowest BCUT2D eigenvalue weighted by Crippen LogP contribution is -2.14. The van der Waals surface area contributed by atoms with Gasteiger partial charge in [0.2, 0.25) is 10.0 Å². The first kappa shape index (κ1) is 20.0. The summed E-state index contributed by atoms with van der Waals surface area (Å²) < 4.78 is 24.5. The van der Waals surface area contributed by atoms with Gasteiger partial charge in [-0.15, -0.1) is 11.3 Å². The van der Waals surface area contributed by atoms with Gasteiger partial charge < -0.3 is 5.32 Å². The first-order valence-corrected chi connectivity index (χ1v) is 11.4. The fourth-order valence-electron chi connectivity index (χ4n) is 2.96. The normalized spacial score (nSPS) is 11.4. The van der Waals surface area contributed by atoms with E-state index in [2.05, 4.69) is 10.4 Å². The quantitative estimate of drug-likeness (QED) is 0.480. The lowest BCUT2D eigenvalue weighted by Gasteiger charge is -2.06. The number of sulfonamides is 1. The predicted molar refractivity (Wildman–Crippen MR) is 117 cm³/mol. The highest BCUT2D eigenvalue weighted by Gasteiger charge is 2.19. The van der Waals surface area contributed by atoms with E-state index < -0.39 is 10.0 Å². The van der Waals surface area contributed by atoms with Gasteiger partial charge in [0.05, 0.1) is 21.9 Å². The maximum absolute atomic E-state index is 13.0. The van der Waals surface area contributed by atoms with Crippen LogP contribution in [0.3, 0.4) is 0 Å². The van der Waals surface area contributed by atoms with E-state index in [0.717, 1.165) is 10.4 Å². The van der Waals surface area contributed by atoms with Gasteiger partial charge in [0.25, 0.3) is 5.91 Å². The first-order chi connectivity index (χ1) is 14.4. The first-order valence-electron chi connectivity index (χ1n) is 8.99. The molecule has 3 N–H and O–H groups in total. The molecule has 0 aliphatic carbocycles. The van der Waals surface area contributed by atoms with Crippen LogP contribution < -0.4 is 10.5 Å². The molecule has 0 bridgehead atoms. The van der Waals surface area contributed by atoms with Crippen LogP contribution in [-0.2, 0) is 16.6 Å². The van der Waals surface area contributed by atoms with Crippen LogP contribution >= 0.6 is 11.3 Å². The summed E-state index contributed by atoms with van der Waals surface area (Å²) in [6.07, 6.45) is 1.72. The molecule has 0 spiro atoms. The number of nitrogens with one attached hydrogen (secondary N) is 1. The Morgan fingerprint density at radius 2 is 1.77 bits per heavy atom. The number of hydrogen-bond acceptors (Lipinski definition) is 5. The van der Waals surface area contributed by atoms with Gasteiger partial charge in [-0.05, 0) is 41.3 Å². The lowest BCUT2D eigenvalue weighted by atomic mass is 10.2. The van der Waals surface area contributed by atoms with Gasteiger partial charge in [0.1, 0.15) is 5.69 Å². The third-order valence-electron chi connectivity index (χ3n) is 4.39. The fraction of sp³-hybridized carbons (Fsp3) is 0.0476. The maximum atomic E-state index is 13.0. The minimum atomic E-state index is -3.79. The highest BCUT2D eigenvalue weighted by Crippen LogP contribution is 2.28. The Morgan fingerprint density at radius 1 is 1.03 bits per heavy atom. The monoisotopic (exact) mass is 438 g/mol. The number of nitrogens with zero attached hydrogens (tertiary/aromatic N) is 2. The molecule has 2 aromatic carbocycles. The summed E-state index contributed by atoms with van der Waals surface area (Å²) in [5.74, 6) is -0.332. The van der Waals surface area contributed by atoms with E-state index in [4.69, 9.17) is 5.14 Å². The summed E-state index contributed by atoms with van der Waals surface area (Å²) in [6, 6.07) is 19.4. The van der Waals surface area contributed by atoms with Crippen molar-refractivity contribution < 1.29 is 13.2 Å². The third kappa shape index (κ3) is 4.48. The highest BCUT2D eigenvalue weighted by molar-refractivity contribution is 7.89. The highest BCUT2D eigenvalue weighted by atomic mass is 32.2. The molecule has 0 aliphatic rings. The molecule has 0 unspecified atom stereocenters. The molecule has 7 nitrogen and oxygen atoms in total.